The van der Waals surface area contributed by atoms with E-state index in [-0.39, 0.29) is 13.1 Å². The number of carbonyl (C=O) groups is 3. The molecule has 2 aromatic carbocycles. The number of rotatable bonds is 5. The Labute approximate surface area is 143 Å². The molecular weight excluding hydrogens is 327 g/mol. The van der Waals surface area contributed by atoms with Crippen molar-refractivity contribution < 1.29 is 23.5 Å². The summed E-state index contributed by atoms with van der Waals surface area (Å²) in [6.45, 7) is -0.112. The molecule has 0 saturated carbocycles. The van der Waals surface area contributed by atoms with Gasteiger partial charge in [0.15, 0.2) is 0 Å². The van der Waals surface area contributed by atoms with Gasteiger partial charge >= 0.3 is 17.8 Å². The Morgan fingerprint density at radius 2 is 1.48 bits per heavy atom. The van der Waals surface area contributed by atoms with Crippen LogP contribution in [0, 0.1) is 5.82 Å². The van der Waals surface area contributed by atoms with E-state index >= 15 is 0 Å². The van der Waals surface area contributed by atoms with E-state index in [1.807, 2.05) is 0 Å². The van der Waals surface area contributed by atoms with Crippen molar-refractivity contribution in [2.45, 2.75) is 13.1 Å². The number of nitrogens with zero attached hydrogens (tertiary/aromatic N) is 2. The number of ether oxygens (including phenoxy) is 1. The lowest BCUT2D eigenvalue weighted by Crippen LogP contribution is -2.32. The van der Waals surface area contributed by atoms with Crippen molar-refractivity contribution in [1.82, 2.24) is 9.80 Å². The van der Waals surface area contributed by atoms with Gasteiger partial charge in [-0.1, -0.05) is 24.3 Å². The van der Waals surface area contributed by atoms with Gasteiger partial charge in [-0.15, -0.1) is 0 Å². The summed E-state index contributed by atoms with van der Waals surface area (Å²) in [5.74, 6) is -1.60. The van der Waals surface area contributed by atoms with Crippen molar-refractivity contribution in [3.63, 3.8) is 0 Å². The maximum Gasteiger partial charge on any atom is 0.334 e. The molecule has 1 fully saturated rings. The van der Waals surface area contributed by atoms with Gasteiger partial charge < -0.3 is 4.74 Å². The first kappa shape index (κ1) is 16.6. The summed E-state index contributed by atoms with van der Waals surface area (Å²) >= 11 is 0. The first-order valence-corrected chi connectivity index (χ1v) is 7.54. The average Bonchev–Trinajstić information content (AvgIpc) is 2.82. The molecule has 2 aromatic rings. The van der Waals surface area contributed by atoms with Crippen LogP contribution in [0.25, 0.3) is 0 Å². The third-order valence-electron chi connectivity index (χ3n) is 3.86. The molecule has 0 bridgehead atoms. The van der Waals surface area contributed by atoms with Crippen molar-refractivity contribution in [2.24, 2.45) is 0 Å². The number of amides is 4. The van der Waals surface area contributed by atoms with Crippen LogP contribution >= 0.6 is 0 Å². The number of halogens is 1. The molecule has 25 heavy (non-hydrogen) atoms. The van der Waals surface area contributed by atoms with Crippen LogP contribution in [0.2, 0.25) is 0 Å². The summed E-state index contributed by atoms with van der Waals surface area (Å²) in [4.78, 5) is 38.5. The summed E-state index contributed by atoms with van der Waals surface area (Å²) in [5.41, 5.74) is 1.22. The number of urea groups is 1. The molecule has 0 aliphatic carbocycles. The number of benzene rings is 2. The van der Waals surface area contributed by atoms with Crippen LogP contribution in [-0.2, 0) is 22.7 Å². The molecule has 0 atom stereocenters. The number of imide groups is 2. The fraction of sp³-hybridized carbons (Fsp3) is 0.167. The van der Waals surface area contributed by atoms with E-state index in [1.54, 1.807) is 24.3 Å². The van der Waals surface area contributed by atoms with Gasteiger partial charge in [0.05, 0.1) is 20.2 Å². The molecule has 0 unspecified atom stereocenters. The summed E-state index contributed by atoms with van der Waals surface area (Å²) < 4.78 is 18.1. The smallest absolute Gasteiger partial charge is 0.334 e. The first-order valence-electron chi connectivity index (χ1n) is 7.54. The highest BCUT2D eigenvalue weighted by molar-refractivity contribution is 6.44. The summed E-state index contributed by atoms with van der Waals surface area (Å²) in [5, 5.41) is 0. The van der Waals surface area contributed by atoms with E-state index in [0.717, 1.165) is 9.80 Å². The van der Waals surface area contributed by atoms with Crippen molar-refractivity contribution in [1.29, 1.82) is 0 Å². The molecule has 0 aromatic heterocycles. The van der Waals surface area contributed by atoms with Gasteiger partial charge in [0, 0.05) is 0 Å². The third-order valence-corrected chi connectivity index (χ3v) is 3.86. The van der Waals surface area contributed by atoms with E-state index in [4.69, 9.17) is 4.74 Å². The van der Waals surface area contributed by atoms with Gasteiger partial charge in [-0.25, -0.2) is 9.18 Å². The minimum atomic E-state index is -0.891. The molecule has 1 saturated heterocycles. The highest BCUT2D eigenvalue weighted by Gasteiger charge is 2.44. The standard InChI is InChI=1S/C18H15FN2O4/c1-25-15-4-2-3-13(9-15)11-21-17(23)16(22)20(18(21)24)10-12-5-7-14(19)8-6-12/h2-9H,10-11H2,1H3. The number of carbonyl (C=O) groups excluding carboxylic acids is 3. The summed E-state index contributed by atoms with van der Waals surface area (Å²) in [6, 6.07) is 11.6. The minimum Gasteiger partial charge on any atom is -0.497 e. The second kappa shape index (κ2) is 6.72. The molecule has 4 amide bonds. The van der Waals surface area contributed by atoms with Crippen molar-refractivity contribution in [2.75, 3.05) is 7.11 Å². The van der Waals surface area contributed by atoms with E-state index in [9.17, 15) is 18.8 Å². The lowest BCUT2D eigenvalue weighted by molar-refractivity contribution is -0.143. The van der Waals surface area contributed by atoms with E-state index in [1.165, 1.54) is 31.4 Å². The Balaban J connectivity index is 1.77. The van der Waals surface area contributed by atoms with Gasteiger partial charge in [0.1, 0.15) is 11.6 Å². The van der Waals surface area contributed by atoms with Crippen molar-refractivity contribution in [3.05, 3.63) is 65.5 Å². The van der Waals surface area contributed by atoms with Gasteiger partial charge in [-0.2, -0.15) is 0 Å². The molecule has 0 N–H and O–H groups in total. The predicted molar refractivity (Wildman–Crippen MR) is 85.9 cm³/mol. The lowest BCUT2D eigenvalue weighted by Gasteiger charge is -2.16. The Kier molecular flexibility index (Phi) is 4.47. The normalized spacial score (nSPS) is 14.4. The fourth-order valence-corrected chi connectivity index (χ4v) is 2.55. The first-order chi connectivity index (χ1) is 12.0. The number of hydrogen-bond acceptors (Lipinski definition) is 4. The Morgan fingerprint density at radius 1 is 0.880 bits per heavy atom. The SMILES string of the molecule is COc1cccc(CN2C(=O)C(=O)N(Cc3ccc(F)cc3)C2=O)c1. The Bertz CT molecular complexity index is 835. The maximum absolute atomic E-state index is 13.0. The van der Waals surface area contributed by atoms with E-state index < -0.39 is 23.7 Å². The fourth-order valence-electron chi connectivity index (χ4n) is 2.55. The third kappa shape index (κ3) is 3.35. The molecule has 6 nitrogen and oxygen atoms in total. The second-order valence-corrected chi connectivity index (χ2v) is 5.54. The van der Waals surface area contributed by atoms with Crippen LogP contribution in [0.3, 0.4) is 0 Å². The Morgan fingerprint density at radius 3 is 2.08 bits per heavy atom. The summed E-state index contributed by atoms with van der Waals surface area (Å²) in [7, 11) is 1.51. The van der Waals surface area contributed by atoms with Crippen LogP contribution in [0.5, 0.6) is 5.75 Å². The monoisotopic (exact) mass is 342 g/mol. The van der Waals surface area contributed by atoms with Crippen molar-refractivity contribution >= 4 is 17.8 Å². The van der Waals surface area contributed by atoms with E-state index in [2.05, 4.69) is 0 Å². The average molecular weight is 342 g/mol. The molecule has 3 rings (SSSR count). The molecule has 1 aliphatic heterocycles. The quantitative estimate of drug-likeness (QED) is 0.618. The van der Waals surface area contributed by atoms with Crippen LogP contribution in [0.1, 0.15) is 11.1 Å². The molecule has 1 heterocycles. The largest absolute Gasteiger partial charge is 0.497 e. The molecule has 0 radical (unpaired) electrons. The Hall–Kier alpha value is -3.22. The topological polar surface area (TPSA) is 66.9 Å². The molecule has 1 aliphatic rings. The van der Waals surface area contributed by atoms with Crippen LogP contribution in [0.15, 0.2) is 48.5 Å². The van der Waals surface area contributed by atoms with E-state index in [0.29, 0.717) is 16.9 Å². The molecule has 0 spiro atoms. The number of hydrogen-bond donors (Lipinski definition) is 0. The van der Waals surface area contributed by atoms with Gasteiger partial charge in [-0.05, 0) is 35.4 Å². The zero-order valence-corrected chi connectivity index (χ0v) is 13.4. The lowest BCUT2D eigenvalue weighted by atomic mass is 10.2. The van der Waals surface area contributed by atoms with Crippen LogP contribution < -0.4 is 4.74 Å². The van der Waals surface area contributed by atoms with Crippen molar-refractivity contribution in [3.8, 4) is 5.75 Å². The van der Waals surface area contributed by atoms with Crippen LogP contribution in [0.4, 0.5) is 9.18 Å². The zero-order valence-electron chi connectivity index (χ0n) is 13.4. The van der Waals surface area contributed by atoms with Gasteiger partial charge in [-0.3, -0.25) is 19.4 Å². The second-order valence-electron chi connectivity index (χ2n) is 5.54. The predicted octanol–water partition coefficient (Wildman–Crippen LogP) is 2.33. The zero-order chi connectivity index (χ0) is 18.0. The highest BCUT2D eigenvalue weighted by atomic mass is 19.1. The maximum atomic E-state index is 13.0. The van der Waals surface area contributed by atoms with Crippen LogP contribution in [-0.4, -0.2) is 34.8 Å². The highest BCUT2D eigenvalue weighted by Crippen LogP contribution is 2.20. The molecule has 7 heteroatoms. The molecule has 128 valence electrons. The number of methoxy groups -OCH3 is 1. The van der Waals surface area contributed by atoms with Gasteiger partial charge in [0.2, 0.25) is 0 Å². The molecular formula is C18H15FN2O4. The minimum absolute atomic E-state index is 0.0273. The summed E-state index contributed by atoms with van der Waals surface area (Å²) in [6.07, 6.45) is 0. The van der Waals surface area contributed by atoms with Gasteiger partial charge in [0.25, 0.3) is 0 Å².